The molecule has 3 rings (SSSR count). The molecule has 1 aromatic rings. The predicted octanol–water partition coefficient (Wildman–Crippen LogP) is 3.06. The van der Waals surface area contributed by atoms with Gasteiger partial charge in [0.05, 0.1) is 6.10 Å². The third kappa shape index (κ3) is 3.89. The maximum absolute atomic E-state index is 10.5. The van der Waals surface area contributed by atoms with Crippen LogP contribution in [0.3, 0.4) is 0 Å². The van der Waals surface area contributed by atoms with Gasteiger partial charge in [-0.3, -0.25) is 0 Å². The van der Waals surface area contributed by atoms with Crippen LogP contribution in [0.5, 0.6) is 0 Å². The number of nitrogens with zero attached hydrogens (tertiary/aromatic N) is 2. The summed E-state index contributed by atoms with van der Waals surface area (Å²) in [4.78, 5) is 5.14. The zero-order valence-electron chi connectivity index (χ0n) is 13.8. The Morgan fingerprint density at radius 2 is 1.82 bits per heavy atom. The fourth-order valence-corrected chi connectivity index (χ4v) is 4.18. The summed E-state index contributed by atoms with van der Waals surface area (Å²) >= 11 is 0. The minimum Gasteiger partial charge on any atom is -0.388 e. The summed E-state index contributed by atoms with van der Waals surface area (Å²) in [5.74, 6) is 0. The number of rotatable bonds is 6. The van der Waals surface area contributed by atoms with Crippen LogP contribution >= 0.6 is 0 Å². The minimum absolute atomic E-state index is 0.319. The van der Waals surface area contributed by atoms with E-state index in [0.717, 1.165) is 18.0 Å². The SMILES string of the molecule is CN1CCCC1CCN1CCCC1CC(O)c1ccccc1. The Bertz CT molecular complexity index is 450. The molecule has 3 unspecified atom stereocenters. The number of hydrogen-bond acceptors (Lipinski definition) is 3. The molecule has 0 bridgehead atoms. The monoisotopic (exact) mass is 302 g/mol. The van der Waals surface area contributed by atoms with Gasteiger partial charge in [-0.1, -0.05) is 30.3 Å². The smallest absolute Gasteiger partial charge is 0.0805 e. The van der Waals surface area contributed by atoms with E-state index < -0.39 is 0 Å². The van der Waals surface area contributed by atoms with Gasteiger partial charge in [0.15, 0.2) is 0 Å². The molecule has 3 heteroatoms. The van der Waals surface area contributed by atoms with Crippen LogP contribution in [0.2, 0.25) is 0 Å². The number of hydrogen-bond donors (Lipinski definition) is 1. The Labute approximate surface area is 134 Å². The lowest BCUT2D eigenvalue weighted by Gasteiger charge is -2.29. The molecule has 1 aromatic carbocycles. The minimum atomic E-state index is -0.319. The number of benzene rings is 1. The quantitative estimate of drug-likeness (QED) is 0.875. The van der Waals surface area contributed by atoms with Gasteiger partial charge in [0.25, 0.3) is 0 Å². The lowest BCUT2D eigenvalue weighted by atomic mass is 10.0. The van der Waals surface area contributed by atoms with E-state index >= 15 is 0 Å². The molecule has 122 valence electrons. The Hall–Kier alpha value is -0.900. The first-order valence-corrected chi connectivity index (χ1v) is 8.91. The van der Waals surface area contributed by atoms with Crippen molar-refractivity contribution in [2.24, 2.45) is 0 Å². The Morgan fingerprint density at radius 3 is 2.55 bits per heavy atom. The Morgan fingerprint density at radius 1 is 1.09 bits per heavy atom. The average molecular weight is 302 g/mol. The van der Waals surface area contributed by atoms with Gasteiger partial charge in [-0.05, 0) is 70.8 Å². The highest BCUT2D eigenvalue weighted by atomic mass is 16.3. The van der Waals surface area contributed by atoms with Crippen LogP contribution in [-0.2, 0) is 0 Å². The van der Waals surface area contributed by atoms with E-state index in [0.29, 0.717) is 6.04 Å². The Kier molecular flexibility index (Phi) is 5.51. The second-order valence-electron chi connectivity index (χ2n) is 7.06. The molecule has 2 aliphatic rings. The molecule has 2 saturated heterocycles. The molecule has 0 aromatic heterocycles. The van der Waals surface area contributed by atoms with Crippen LogP contribution in [0.4, 0.5) is 0 Å². The molecular formula is C19H30N2O. The number of likely N-dealkylation sites (tertiary alicyclic amines) is 2. The molecule has 2 aliphatic heterocycles. The van der Waals surface area contributed by atoms with Crippen molar-refractivity contribution in [2.75, 3.05) is 26.7 Å². The maximum atomic E-state index is 10.5. The fourth-order valence-electron chi connectivity index (χ4n) is 4.18. The van der Waals surface area contributed by atoms with Crippen LogP contribution in [-0.4, -0.2) is 53.7 Å². The molecule has 0 aliphatic carbocycles. The fraction of sp³-hybridized carbons (Fsp3) is 0.684. The molecule has 0 radical (unpaired) electrons. The van der Waals surface area contributed by atoms with E-state index in [9.17, 15) is 5.11 Å². The first-order valence-electron chi connectivity index (χ1n) is 8.91. The molecule has 3 atom stereocenters. The van der Waals surface area contributed by atoms with Gasteiger partial charge >= 0.3 is 0 Å². The van der Waals surface area contributed by atoms with Crippen molar-refractivity contribution < 1.29 is 5.11 Å². The Balaban J connectivity index is 1.50. The van der Waals surface area contributed by atoms with Crippen molar-refractivity contribution in [3.8, 4) is 0 Å². The molecular weight excluding hydrogens is 272 g/mol. The molecule has 1 N–H and O–H groups in total. The van der Waals surface area contributed by atoms with Crippen molar-refractivity contribution >= 4 is 0 Å². The van der Waals surface area contributed by atoms with Crippen LogP contribution < -0.4 is 0 Å². The van der Waals surface area contributed by atoms with Crippen molar-refractivity contribution in [3.63, 3.8) is 0 Å². The topological polar surface area (TPSA) is 26.7 Å². The predicted molar refractivity (Wildman–Crippen MR) is 90.9 cm³/mol. The normalized spacial score (nSPS) is 28.3. The van der Waals surface area contributed by atoms with E-state index in [4.69, 9.17) is 0 Å². The van der Waals surface area contributed by atoms with Gasteiger partial charge in [0.2, 0.25) is 0 Å². The zero-order valence-corrected chi connectivity index (χ0v) is 13.8. The molecule has 2 heterocycles. The van der Waals surface area contributed by atoms with Crippen LogP contribution in [0.15, 0.2) is 30.3 Å². The highest BCUT2D eigenvalue weighted by molar-refractivity contribution is 5.17. The van der Waals surface area contributed by atoms with Gasteiger partial charge in [-0.25, -0.2) is 0 Å². The second-order valence-corrected chi connectivity index (χ2v) is 7.06. The standard InChI is InChI=1S/C19H30N2O/c1-20-12-5-9-17(20)11-14-21-13-6-10-18(21)15-19(22)16-7-3-2-4-8-16/h2-4,7-8,17-19,22H,5-6,9-15H2,1H3. The summed E-state index contributed by atoms with van der Waals surface area (Å²) < 4.78 is 0. The van der Waals surface area contributed by atoms with Gasteiger partial charge in [-0.2, -0.15) is 0 Å². The average Bonchev–Trinajstić information content (AvgIpc) is 3.15. The summed E-state index contributed by atoms with van der Waals surface area (Å²) in [6.07, 6.45) is 7.09. The number of aliphatic hydroxyl groups excluding tert-OH is 1. The van der Waals surface area contributed by atoms with Gasteiger partial charge in [-0.15, -0.1) is 0 Å². The van der Waals surface area contributed by atoms with Gasteiger partial charge in [0.1, 0.15) is 0 Å². The molecule has 3 nitrogen and oxygen atoms in total. The molecule has 22 heavy (non-hydrogen) atoms. The highest BCUT2D eigenvalue weighted by Crippen LogP contribution is 2.28. The zero-order chi connectivity index (χ0) is 15.4. The maximum Gasteiger partial charge on any atom is 0.0805 e. The van der Waals surface area contributed by atoms with E-state index in [1.165, 1.54) is 51.7 Å². The van der Waals surface area contributed by atoms with Crippen molar-refractivity contribution in [3.05, 3.63) is 35.9 Å². The summed E-state index contributed by atoms with van der Waals surface area (Å²) in [6.45, 7) is 3.67. The highest BCUT2D eigenvalue weighted by Gasteiger charge is 2.28. The van der Waals surface area contributed by atoms with Crippen molar-refractivity contribution in [1.29, 1.82) is 0 Å². The van der Waals surface area contributed by atoms with Crippen LogP contribution in [0.1, 0.15) is 50.2 Å². The molecule has 0 amide bonds. The largest absolute Gasteiger partial charge is 0.388 e. The molecule has 0 saturated carbocycles. The lowest BCUT2D eigenvalue weighted by Crippen LogP contribution is -2.35. The summed E-state index contributed by atoms with van der Waals surface area (Å²) in [5.41, 5.74) is 1.06. The molecule has 0 spiro atoms. The first-order chi connectivity index (χ1) is 10.7. The third-order valence-corrected chi connectivity index (χ3v) is 5.60. The summed E-state index contributed by atoms with van der Waals surface area (Å²) in [6, 6.07) is 11.5. The van der Waals surface area contributed by atoms with E-state index in [2.05, 4.69) is 16.8 Å². The van der Waals surface area contributed by atoms with Crippen molar-refractivity contribution in [2.45, 2.75) is 56.7 Å². The third-order valence-electron chi connectivity index (χ3n) is 5.60. The first kappa shape index (κ1) is 16.0. The van der Waals surface area contributed by atoms with E-state index in [1.54, 1.807) is 0 Å². The number of aliphatic hydroxyl groups is 1. The van der Waals surface area contributed by atoms with Gasteiger partial charge in [0, 0.05) is 12.1 Å². The van der Waals surface area contributed by atoms with Gasteiger partial charge < -0.3 is 14.9 Å². The lowest BCUT2D eigenvalue weighted by molar-refractivity contribution is 0.116. The van der Waals surface area contributed by atoms with E-state index in [-0.39, 0.29) is 6.10 Å². The van der Waals surface area contributed by atoms with E-state index in [1.807, 2.05) is 30.3 Å². The van der Waals surface area contributed by atoms with Crippen LogP contribution in [0, 0.1) is 0 Å². The molecule has 2 fully saturated rings. The van der Waals surface area contributed by atoms with Crippen LogP contribution in [0.25, 0.3) is 0 Å². The second kappa shape index (κ2) is 7.58. The summed E-state index contributed by atoms with van der Waals surface area (Å²) in [7, 11) is 2.26. The van der Waals surface area contributed by atoms with Crippen molar-refractivity contribution in [1.82, 2.24) is 9.80 Å². The summed E-state index contributed by atoms with van der Waals surface area (Å²) in [5, 5.41) is 10.5.